The summed E-state index contributed by atoms with van der Waals surface area (Å²) in [6.45, 7) is -0.611. The first-order valence-corrected chi connectivity index (χ1v) is 14.5. The van der Waals surface area contributed by atoms with E-state index in [2.05, 4.69) is 9.44 Å². The number of hydrogen-bond donors (Lipinski definition) is 5. The van der Waals surface area contributed by atoms with Gasteiger partial charge >= 0.3 is 10.4 Å². The highest BCUT2D eigenvalue weighted by molar-refractivity contribution is 8.14. The summed E-state index contributed by atoms with van der Waals surface area (Å²) in [6.07, 6.45) is 1.06. The van der Waals surface area contributed by atoms with Crippen LogP contribution >= 0.6 is 11.8 Å². The Bertz CT molecular complexity index is 786. The molecule has 0 unspecified atom stereocenters. The maximum Gasteiger partial charge on any atom is 0.466 e. The van der Waals surface area contributed by atoms with Crippen LogP contribution in [0.15, 0.2) is 5.16 Å². The third-order valence-electron chi connectivity index (χ3n) is 4.74. The molecule has 15 heteroatoms. The molecule has 1 saturated heterocycles. The standard InChI is InChI=1S/C17H33NO11S3/c1-31(23,24)10-8-6-4-2-3-5-7-9-13(18-29-32(25,26)27)30-17-16(22)15(21)14(20)12(11-19)28-17/h12,14-17,19-22H,2-11H2,1H3,(H,25,26,27)/b18-13+/t12-,14-,15+,16+,17+/m0/s1. The number of nitrogens with zero attached hydrogens (tertiary/aromatic N) is 1. The summed E-state index contributed by atoms with van der Waals surface area (Å²) in [7, 11) is -7.78. The summed E-state index contributed by atoms with van der Waals surface area (Å²) >= 11 is 0.755. The van der Waals surface area contributed by atoms with Crippen molar-refractivity contribution in [1.82, 2.24) is 0 Å². The normalized spacial score (nSPS) is 27.4. The number of oxime groups is 1. The van der Waals surface area contributed by atoms with E-state index in [1.165, 1.54) is 6.26 Å². The summed E-state index contributed by atoms with van der Waals surface area (Å²) in [5, 5.41) is 42.6. The first kappa shape index (κ1) is 29.5. The van der Waals surface area contributed by atoms with Crippen LogP contribution in [-0.4, -0.2) is 95.3 Å². The van der Waals surface area contributed by atoms with Crippen molar-refractivity contribution in [3.8, 4) is 0 Å². The van der Waals surface area contributed by atoms with Crippen molar-refractivity contribution < 1.29 is 50.8 Å². The van der Waals surface area contributed by atoms with Gasteiger partial charge in [0.25, 0.3) is 0 Å². The van der Waals surface area contributed by atoms with Crippen LogP contribution in [0.25, 0.3) is 0 Å². The number of aliphatic hydroxyl groups excluding tert-OH is 4. The van der Waals surface area contributed by atoms with Crippen molar-refractivity contribution in [1.29, 1.82) is 0 Å². The van der Waals surface area contributed by atoms with Crippen molar-refractivity contribution in [2.45, 2.75) is 81.2 Å². The van der Waals surface area contributed by atoms with Crippen molar-refractivity contribution in [2.24, 2.45) is 5.16 Å². The molecular formula is C17H33NO11S3. The number of ether oxygens (including phenoxy) is 1. The van der Waals surface area contributed by atoms with Gasteiger partial charge in [-0.2, -0.15) is 8.42 Å². The van der Waals surface area contributed by atoms with Gasteiger partial charge in [-0.3, -0.25) is 4.55 Å². The van der Waals surface area contributed by atoms with E-state index in [4.69, 9.17) is 9.29 Å². The van der Waals surface area contributed by atoms with Gasteiger partial charge in [-0.05, 0) is 19.3 Å². The average molecular weight is 524 g/mol. The molecule has 0 bridgehead atoms. The van der Waals surface area contributed by atoms with Gasteiger partial charge in [0, 0.05) is 12.0 Å². The van der Waals surface area contributed by atoms with Crippen LogP contribution in [0.1, 0.15) is 51.4 Å². The number of sulfone groups is 1. The van der Waals surface area contributed by atoms with Crippen molar-refractivity contribution in [3.63, 3.8) is 0 Å². The lowest BCUT2D eigenvalue weighted by atomic mass is 10.0. The second kappa shape index (κ2) is 14.0. The number of thioether (sulfide) groups is 1. The minimum Gasteiger partial charge on any atom is -0.394 e. The monoisotopic (exact) mass is 523 g/mol. The lowest BCUT2D eigenvalue weighted by Gasteiger charge is -2.39. The molecule has 1 rings (SSSR count). The summed E-state index contributed by atoms with van der Waals surface area (Å²) in [6, 6.07) is 0. The molecule has 32 heavy (non-hydrogen) atoms. The maximum absolute atomic E-state index is 11.1. The van der Waals surface area contributed by atoms with E-state index in [1.54, 1.807) is 0 Å². The summed E-state index contributed by atoms with van der Waals surface area (Å²) in [4.78, 5) is 0. The Kier molecular flexibility index (Phi) is 12.9. The molecule has 0 aromatic carbocycles. The zero-order chi connectivity index (χ0) is 24.4. The van der Waals surface area contributed by atoms with Gasteiger partial charge in [0.1, 0.15) is 44.7 Å². The fraction of sp³-hybridized carbons (Fsp3) is 0.941. The molecule has 0 aromatic heterocycles. The zero-order valence-corrected chi connectivity index (χ0v) is 20.3. The Morgan fingerprint density at radius 2 is 1.50 bits per heavy atom. The molecule has 0 aromatic rings. The molecule has 0 spiro atoms. The van der Waals surface area contributed by atoms with Crippen LogP contribution in [-0.2, 0) is 29.3 Å². The first-order valence-electron chi connectivity index (χ1n) is 10.2. The van der Waals surface area contributed by atoms with Gasteiger partial charge in [-0.15, -0.1) is 0 Å². The molecule has 12 nitrogen and oxygen atoms in total. The van der Waals surface area contributed by atoms with E-state index in [-0.39, 0.29) is 17.2 Å². The van der Waals surface area contributed by atoms with Gasteiger partial charge < -0.3 is 25.2 Å². The van der Waals surface area contributed by atoms with Crippen molar-refractivity contribution in [2.75, 3.05) is 18.6 Å². The topological polar surface area (TPSA) is 200 Å². The van der Waals surface area contributed by atoms with Crippen LogP contribution in [0.3, 0.4) is 0 Å². The lowest BCUT2D eigenvalue weighted by molar-refractivity contribution is -0.205. The maximum atomic E-state index is 11.1. The summed E-state index contributed by atoms with van der Waals surface area (Å²) in [5.74, 6) is 0.176. The molecule has 1 heterocycles. The van der Waals surface area contributed by atoms with Crippen LogP contribution in [0.2, 0.25) is 0 Å². The summed E-state index contributed by atoms with van der Waals surface area (Å²) < 4.78 is 62.0. The second-order valence-corrected chi connectivity index (χ2v) is 12.1. The van der Waals surface area contributed by atoms with Crippen LogP contribution < -0.4 is 0 Å². The molecule has 5 N–H and O–H groups in total. The number of unbranched alkanes of at least 4 members (excludes halogenated alkanes) is 6. The second-order valence-electron chi connectivity index (χ2n) is 7.66. The molecule has 1 aliphatic rings. The zero-order valence-electron chi connectivity index (χ0n) is 17.8. The quantitative estimate of drug-likeness (QED) is 0.0662. The van der Waals surface area contributed by atoms with Gasteiger partial charge in [-0.25, -0.2) is 12.7 Å². The minimum atomic E-state index is -4.84. The highest BCUT2D eigenvalue weighted by atomic mass is 32.3. The van der Waals surface area contributed by atoms with E-state index in [1.807, 2.05) is 0 Å². The van der Waals surface area contributed by atoms with E-state index >= 15 is 0 Å². The molecule has 1 fully saturated rings. The molecule has 0 aliphatic carbocycles. The Morgan fingerprint density at radius 1 is 0.938 bits per heavy atom. The van der Waals surface area contributed by atoms with Gasteiger partial charge in [0.2, 0.25) is 0 Å². The van der Waals surface area contributed by atoms with E-state index in [0.29, 0.717) is 12.8 Å². The number of aliphatic hydroxyl groups is 4. The third kappa shape index (κ3) is 12.1. The summed E-state index contributed by atoms with van der Waals surface area (Å²) in [5.41, 5.74) is -1.16. The van der Waals surface area contributed by atoms with Crippen molar-refractivity contribution in [3.05, 3.63) is 0 Å². The van der Waals surface area contributed by atoms with Crippen LogP contribution in [0.4, 0.5) is 0 Å². The van der Waals surface area contributed by atoms with E-state index in [0.717, 1.165) is 43.9 Å². The van der Waals surface area contributed by atoms with Crippen LogP contribution in [0.5, 0.6) is 0 Å². The average Bonchev–Trinajstić information content (AvgIpc) is 2.69. The van der Waals surface area contributed by atoms with Gasteiger partial charge in [0.15, 0.2) is 0 Å². The molecule has 190 valence electrons. The highest BCUT2D eigenvalue weighted by Crippen LogP contribution is 2.30. The van der Waals surface area contributed by atoms with Gasteiger partial charge in [-0.1, -0.05) is 49.0 Å². The molecule has 5 atom stereocenters. The number of hydrogen-bond acceptors (Lipinski definition) is 12. The van der Waals surface area contributed by atoms with E-state index < -0.39 is 56.7 Å². The Balaban J connectivity index is 2.52. The Hall–Kier alpha value is -0.520. The minimum absolute atomic E-state index is 0.0695. The predicted octanol–water partition coefficient (Wildman–Crippen LogP) is -0.182. The smallest absolute Gasteiger partial charge is 0.394 e. The molecule has 0 amide bonds. The largest absolute Gasteiger partial charge is 0.466 e. The molecule has 1 aliphatic heterocycles. The fourth-order valence-corrected chi connectivity index (χ4v) is 5.11. The van der Waals surface area contributed by atoms with Crippen molar-refractivity contribution >= 4 is 37.0 Å². The Labute approximate surface area is 192 Å². The van der Waals surface area contributed by atoms with E-state index in [9.17, 15) is 37.3 Å². The Morgan fingerprint density at radius 3 is 2.03 bits per heavy atom. The van der Waals surface area contributed by atoms with Crippen LogP contribution in [0, 0.1) is 0 Å². The molecular weight excluding hydrogens is 490 g/mol. The number of rotatable bonds is 14. The highest BCUT2D eigenvalue weighted by Gasteiger charge is 2.44. The fourth-order valence-electron chi connectivity index (χ4n) is 3.04. The SMILES string of the molecule is CS(=O)(=O)CCCCCCCCC/C(=N\OS(=O)(=O)O)S[C@H]1O[C@@H](CO)[C@H](O)[C@@H](O)[C@H]1O. The first-order chi connectivity index (χ1) is 14.8. The lowest BCUT2D eigenvalue weighted by Crippen LogP contribution is -2.57. The third-order valence-corrected chi connectivity index (χ3v) is 7.21. The molecule has 0 radical (unpaired) electrons. The van der Waals surface area contributed by atoms with Gasteiger partial charge in [0.05, 0.1) is 6.61 Å². The molecule has 0 saturated carbocycles. The predicted molar refractivity (Wildman–Crippen MR) is 118 cm³/mol.